The predicted octanol–water partition coefficient (Wildman–Crippen LogP) is 2.46. The van der Waals surface area contributed by atoms with Crippen LogP contribution in [0.4, 0.5) is 0 Å². The zero-order valence-corrected chi connectivity index (χ0v) is 9.67. The first-order valence-electron chi connectivity index (χ1n) is 4.49. The highest BCUT2D eigenvalue weighted by molar-refractivity contribution is 9.09. The maximum atomic E-state index is 11.7. The van der Waals surface area contributed by atoms with Gasteiger partial charge >= 0.3 is 0 Å². The van der Waals surface area contributed by atoms with E-state index in [-0.39, 0.29) is 12.4 Å². The molecule has 0 radical (unpaired) electrons. The Labute approximate surface area is 92.1 Å². The van der Waals surface area contributed by atoms with E-state index in [2.05, 4.69) is 15.9 Å². The molecule has 3 heteroatoms. The molecule has 2 nitrogen and oxygen atoms in total. The maximum Gasteiger partial charge on any atom is 0.164 e. The molecule has 0 aliphatic carbocycles. The van der Waals surface area contributed by atoms with Crippen molar-refractivity contribution in [3.8, 4) is 0 Å². The summed E-state index contributed by atoms with van der Waals surface area (Å²) >= 11 is 3.23. The molecule has 1 aromatic carbocycles. The quantitative estimate of drug-likeness (QED) is 0.664. The van der Waals surface area contributed by atoms with Crippen LogP contribution in [0.5, 0.6) is 0 Å². The highest BCUT2D eigenvalue weighted by Gasteiger charge is 2.12. The molecule has 1 aromatic rings. The third-order valence-electron chi connectivity index (χ3n) is 2.13. The van der Waals surface area contributed by atoms with Crippen molar-refractivity contribution >= 4 is 21.7 Å². The molecule has 0 unspecified atom stereocenters. The van der Waals surface area contributed by atoms with E-state index in [1.165, 1.54) is 0 Å². The smallest absolute Gasteiger partial charge is 0.164 e. The van der Waals surface area contributed by atoms with Crippen molar-refractivity contribution in [2.45, 2.75) is 20.0 Å². The molecule has 1 N–H and O–H groups in total. The van der Waals surface area contributed by atoms with Gasteiger partial charge in [-0.3, -0.25) is 4.79 Å². The van der Waals surface area contributed by atoms with Crippen molar-refractivity contribution in [3.05, 3.63) is 34.9 Å². The molecule has 1 rings (SSSR count). The monoisotopic (exact) mass is 256 g/mol. The second-order valence-corrected chi connectivity index (χ2v) is 3.92. The molecule has 0 saturated heterocycles. The van der Waals surface area contributed by atoms with Gasteiger partial charge in [0.2, 0.25) is 0 Å². The van der Waals surface area contributed by atoms with E-state index in [1.54, 1.807) is 6.07 Å². The summed E-state index contributed by atoms with van der Waals surface area (Å²) in [5, 5.41) is 9.75. The van der Waals surface area contributed by atoms with Crippen LogP contribution in [0.1, 0.15) is 27.9 Å². The second kappa shape index (κ2) is 5.27. The number of hydrogen-bond acceptors (Lipinski definition) is 2. The van der Waals surface area contributed by atoms with Gasteiger partial charge in [-0.2, -0.15) is 0 Å². The highest BCUT2D eigenvalue weighted by Crippen LogP contribution is 2.16. The Hall–Kier alpha value is -0.670. The summed E-state index contributed by atoms with van der Waals surface area (Å²) in [7, 11) is 0. The Bertz CT molecular complexity index is 334. The third kappa shape index (κ3) is 2.42. The fraction of sp³-hybridized carbons (Fsp3) is 0.364. The number of ketones is 1. The number of alkyl halides is 1. The van der Waals surface area contributed by atoms with Gasteiger partial charge in [-0.05, 0) is 18.1 Å². The van der Waals surface area contributed by atoms with Crippen LogP contribution in [0, 0.1) is 6.92 Å². The Balaban J connectivity index is 3.10. The number of halogens is 1. The number of carbonyl (C=O) groups is 1. The molecular weight excluding hydrogens is 244 g/mol. The van der Waals surface area contributed by atoms with E-state index >= 15 is 0 Å². The molecule has 0 spiro atoms. The van der Waals surface area contributed by atoms with Crippen molar-refractivity contribution in [2.24, 2.45) is 0 Å². The van der Waals surface area contributed by atoms with Crippen molar-refractivity contribution in [1.82, 2.24) is 0 Å². The van der Waals surface area contributed by atoms with E-state index in [9.17, 15) is 4.79 Å². The summed E-state index contributed by atoms with van der Waals surface area (Å²) in [5.74, 6) is 0.0871. The molecule has 14 heavy (non-hydrogen) atoms. The van der Waals surface area contributed by atoms with Gasteiger partial charge in [0.1, 0.15) is 0 Å². The molecule has 76 valence electrons. The molecule has 0 bridgehead atoms. The van der Waals surface area contributed by atoms with Crippen LogP contribution in [0.2, 0.25) is 0 Å². The molecular formula is C11H13BrO2. The summed E-state index contributed by atoms with van der Waals surface area (Å²) in [6.45, 7) is 1.81. The molecule has 0 fully saturated rings. The van der Waals surface area contributed by atoms with Crippen molar-refractivity contribution in [2.75, 3.05) is 5.33 Å². The molecule has 0 aliphatic heterocycles. The van der Waals surface area contributed by atoms with Crippen LogP contribution in [-0.4, -0.2) is 16.2 Å². The number of hydrogen-bond donors (Lipinski definition) is 1. The summed E-state index contributed by atoms with van der Waals surface area (Å²) in [6.07, 6.45) is 0.470. The summed E-state index contributed by atoms with van der Waals surface area (Å²) < 4.78 is 0. The first-order chi connectivity index (χ1) is 6.70. The van der Waals surface area contributed by atoms with E-state index in [0.29, 0.717) is 17.3 Å². The fourth-order valence-electron chi connectivity index (χ4n) is 1.47. The van der Waals surface area contributed by atoms with Crippen LogP contribution >= 0.6 is 15.9 Å². The summed E-state index contributed by atoms with van der Waals surface area (Å²) in [4.78, 5) is 11.7. The second-order valence-electron chi connectivity index (χ2n) is 3.13. The van der Waals surface area contributed by atoms with Crippen molar-refractivity contribution in [1.29, 1.82) is 0 Å². The minimum Gasteiger partial charge on any atom is -0.392 e. The standard InChI is InChI=1S/C11H13BrO2/c1-8-3-2-4-9(7-13)11(8)10(14)5-6-12/h2-4,13H,5-7H2,1H3. The minimum atomic E-state index is -0.0783. The lowest BCUT2D eigenvalue weighted by atomic mass is 9.97. The van der Waals surface area contributed by atoms with Gasteiger partial charge in [-0.25, -0.2) is 0 Å². The van der Waals surface area contributed by atoms with E-state index < -0.39 is 0 Å². The minimum absolute atomic E-state index is 0.0783. The Morgan fingerprint density at radius 1 is 1.50 bits per heavy atom. The molecule has 0 aromatic heterocycles. The zero-order chi connectivity index (χ0) is 10.6. The summed E-state index contributed by atoms with van der Waals surface area (Å²) in [5.41, 5.74) is 2.33. The zero-order valence-electron chi connectivity index (χ0n) is 8.09. The fourth-order valence-corrected chi connectivity index (χ4v) is 1.83. The summed E-state index contributed by atoms with van der Waals surface area (Å²) in [6, 6.07) is 5.53. The number of aliphatic hydroxyl groups is 1. The Morgan fingerprint density at radius 3 is 2.79 bits per heavy atom. The Kier molecular flexibility index (Phi) is 4.29. The number of Topliss-reactive ketones (excluding diaryl/α,β-unsaturated/α-hetero) is 1. The van der Waals surface area contributed by atoms with Crippen LogP contribution < -0.4 is 0 Å². The number of aryl methyl sites for hydroxylation is 1. The van der Waals surface area contributed by atoms with E-state index in [4.69, 9.17) is 5.11 Å². The van der Waals surface area contributed by atoms with Gasteiger partial charge in [-0.15, -0.1) is 0 Å². The van der Waals surface area contributed by atoms with Gasteiger partial charge < -0.3 is 5.11 Å². The van der Waals surface area contributed by atoms with Gasteiger partial charge in [-0.1, -0.05) is 34.1 Å². The lowest BCUT2D eigenvalue weighted by molar-refractivity contribution is 0.0986. The van der Waals surface area contributed by atoms with Crippen LogP contribution in [0.15, 0.2) is 18.2 Å². The average molecular weight is 257 g/mol. The lowest BCUT2D eigenvalue weighted by Gasteiger charge is -2.08. The number of rotatable bonds is 4. The SMILES string of the molecule is Cc1cccc(CO)c1C(=O)CCBr. The Morgan fingerprint density at radius 2 is 2.21 bits per heavy atom. The molecule has 0 amide bonds. The van der Waals surface area contributed by atoms with Gasteiger partial charge in [0, 0.05) is 17.3 Å². The van der Waals surface area contributed by atoms with Gasteiger partial charge in [0.15, 0.2) is 5.78 Å². The third-order valence-corrected chi connectivity index (χ3v) is 2.53. The number of benzene rings is 1. The van der Waals surface area contributed by atoms with Gasteiger partial charge in [0.05, 0.1) is 6.61 Å². The number of aliphatic hydroxyl groups excluding tert-OH is 1. The maximum absolute atomic E-state index is 11.7. The molecule has 0 saturated carbocycles. The van der Waals surface area contributed by atoms with E-state index in [1.807, 2.05) is 19.1 Å². The topological polar surface area (TPSA) is 37.3 Å². The van der Waals surface area contributed by atoms with E-state index in [0.717, 1.165) is 11.1 Å². The first-order valence-corrected chi connectivity index (χ1v) is 5.61. The molecule has 0 aliphatic rings. The van der Waals surface area contributed by atoms with Crippen LogP contribution in [-0.2, 0) is 6.61 Å². The molecule has 0 atom stereocenters. The lowest BCUT2D eigenvalue weighted by Crippen LogP contribution is -2.06. The van der Waals surface area contributed by atoms with Crippen molar-refractivity contribution in [3.63, 3.8) is 0 Å². The van der Waals surface area contributed by atoms with Crippen molar-refractivity contribution < 1.29 is 9.90 Å². The average Bonchev–Trinajstić information content (AvgIpc) is 2.17. The first kappa shape index (κ1) is 11.4. The largest absolute Gasteiger partial charge is 0.392 e. The van der Waals surface area contributed by atoms with Crippen LogP contribution in [0.25, 0.3) is 0 Å². The normalized spacial score (nSPS) is 10.2. The number of carbonyl (C=O) groups excluding carboxylic acids is 1. The van der Waals surface area contributed by atoms with Crippen LogP contribution in [0.3, 0.4) is 0 Å². The highest BCUT2D eigenvalue weighted by atomic mass is 79.9. The molecule has 0 heterocycles. The van der Waals surface area contributed by atoms with Gasteiger partial charge in [0.25, 0.3) is 0 Å². The predicted molar refractivity (Wildman–Crippen MR) is 59.8 cm³/mol.